The van der Waals surface area contributed by atoms with E-state index in [-0.39, 0.29) is 0 Å². The first-order valence-electron chi connectivity index (χ1n) is 6.27. The fourth-order valence-corrected chi connectivity index (χ4v) is 5.41. The fourth-order valence-electron chi connectivity index (χ4n) is 1.57. The lowest BCUT2D eigenvalue weighted by atomic mass is 10.4. The van der Waals surface area contributed by atoms with Gasteiger partial charge in [0, 0.05) is 31.1 Å². The zero-order chi connectivity index (χ0) is 14.6. The van der Waals surface area contributed by atoms with Crippen LogP contribution in [0.3, 0.4) is 0 Å². The second-order valence-corrected chi connectivity index (χ2v) is 9.18. The molecular weight excluding hydrogens is 348 g/mol. The van der Waals surface area contributed by atoms with Crippen molar-refractivity contribution in [3.8, 4) is 0 Å². The van der Waals surface area contributed by atoms with Gasteiger partial charge in [0.15, 0.2) is 0 Å². The van der Waals surface area contributed by atoms with Gasteiger partial charge in [-0.1, -0.05) is 20.8 Å². The predicted molar refractivity (Wildman–Crippen MR) is 84.1 cm³/mol. The van der Waals surface area contributed by atoms with E-state index in [1.807, 2.05) is 6.92 Å². The standard InChI is InChI=1S/C12H21BrN2O2S2/c1-5-6-15(4)19(16,17)11-7-10(18-12(11)13)8-14-9(2)3/h7,9,14H,5-6,8H2,1-4H3. The third-order valence-corrected chi connectivity index (χ3v) is 6.73. The molecule has 0 fully saturated rings. The summed E-state index contributed by atoms with van der Waals surface area (Å²) in [6.45, 7) is 7.31. The van der Waals surface area contributed by atoms with Gasteiger partial charge in [-0.15, -0.1) is 11.3 Å². The van der Waals surface area contributed by atoms with Crippen LogP contribution >= 0.6 is 27.3 Å². The molecule has 0 saturated heterocycles. The van der Waals surface area contributed by atoms with Crippen LogP contribution in [-0.4, -0.2) is 32.4 Å². The van der Waals surface area contributed by atoms with E-state index < -0.39 is 10.0 Å². The van der Waals surface area contributed by atoms with Crippen LogP contribution in [0.25, 0.3) is 0 Å². The number of halogens is 1. The van der Waals surface area contributed by atoms with Crippen LogP contribution in [0.1, 0.15) is 32.1 Å². The molecule has 0 bridgehead atoms. The van der Waals surface area contributed by atoms with Gasteiger partial charge in [0.25, 0.3) is 0 Å². The van der Waals surface area contributed by atoms with Crippen molar-refractivity contribution in [2.45, 2.75) is 44.7 Å². The number of nitrogens with zero attached hydrogens (tertiary/aromatic N) is 1. The average Bonchev–Trinajstić information content (AvgIpc) is 2.69. The van der Waals surface area contributed by atoms with Gasteiger partial charge in [-0.3, -0.25) is 0 Å². The molecule has 0 amide bonds. The molecule has 0 aliphatic heterocycles. The van der Waals surface area contributed by atoms with Crippen molar-refractivity contribution in [1.82, 2.24) is 9.62 Å². The van der Waals surface area contributed by atoms with Crippen LogP contribution in [0.2, 0.25) is 0 Å². The highest BCUT2D eigenvalue weighted by atomic mass is 79.9. The number of hydrogen-bond donors (Lipinski definition) is 1. The van der Waals surface area contributed by atoms with E-state index in [0.717, 1.165) is 11.3 Å². The monoisotopic (exact) mass is 368 g/mol. The molecule has 0 aliphatic carbocycles. The summed E-state index contributed by atoms with van der Waals surface area (Å²) < 4.78 is 26.8. The number of hydrogen-bond acceptors (Lipinski definition) is 4. The third-order valence-electron chi connectivity index (χ3n) is 2.62. The number of rotatable bonds is 7. The van der Waals surface area contributed by atoms with Crippen LogP contribution in [0.5, 0.6) is 0 Å². The van der Waals surface area contributed by atoms with Gasteiger partial charge < -0.3 is 5.32 Å². The number of sulfonamides is 1. The first-order valence-corrected chi connectivity index (χ1v) is 9.32. The molecule has 1 aromatic heterocycles. The van der Waals surface area contributed by atoms with Crippen LogP contribution in [0, 0.1) is 0 Å². The van der Waals surface area contributed by atoms with Crippen molar-refractivity contribution in [1.29, 1.82) is 0 Å². The van der Waals surface area contributed by atoms with Gasteiger partial charge in [0.2, 0.25) is 10.0 Å². The minimum Gasteiger partial charge on any atom is -0.310 e. The van der Waals surface area contributed by atoms with E-state index in [0.29, 0.717) is 27.8 Å². The molecule has 0 aromatic carbocycles. The molecule has 7 heteroatoms. The first-order chi connectivity index (χ1) is 8.78. The highest BCUT2D eigenvalue weighted by Gasteiger charge is 2.25. The molecule has 0 spiro atoms. The van der Waals surface area contributed by atoms with Crippen molar-refractivity contribution in [3.63, 3.8) is 0 Å². The Bertz CT molecular complexity index is 512. The Hall–Kier alpha value is 0.0500. The van der Waals surface area contributed by atoms with Crippen LogP contribution in [0.4, 0.5) is 0 Å². The number of thiophene rings is 1. The Morgan fingerprint density at radius 2 is 2.11 bits per heavy atom. The highest BCUT2D eigenvalue weighted by Crippen LogP contribution is 2.33. The summed E-state index contributed by atoms with van der Waals surface area (Å²) in [5.41, 5.74) is 0. The van der Waals surface area contributed by atoms with Gasteiger partial charge in [-0.05, 0) is 28.4 Å². The lowest BCUT2D eigenvalue weighted by Crippen LogP contribution is -2.27. The lowest BCUT2D eigenvalue weighted by molar-refractivity contribution is 0.468. The van der Waals surface area contributed by atoms with Gasteiger partial charge in [-0.2, -0.15) is 0 Å². The normalized spacial score (nSPS) is 12.6. The largest absolute Gasteiger partial charge is 0.310 e. The second kappa shape index (κ2) is 7.17. The topological polar surface area (TPSA) is 49.4 Å². The summed E-state index contributed by atoms with van der Waals surface area (Å²) in [6.07, 6.45) is 0.805. The molecule has 1 aromatic rings. The number of nitrogens with one attached hydrogen (secondary N) is 1. The molecule has 4 nitrogen and oxygen atoms in total. The Morgan fingerprint density at radius 1 is 1.47 bits per heavy atom. The minimum absolute atomic E-state index is 0.369. The van der Waals surface area contributed by atoms with E-state index in [4.69, 9.17) is 0 Å². The van der Waals surface area contributed by atoms with E-state index in [2.05, 4.69) is 35.1 Å². The van der Waals surface area contributed by atoms with Crippen molar-refractivity contribution in [3.05, 3.63) is 14.7 Å². The van der Waals surface area contributed by atoms with Gasteiger partial charge >= 0.3 is 0 Å². The summed E-state index contributed by atoms with van der Waals surface area (Å²) in [5.74, 6) is 0. The quantitative estimate of drug-likeness (QED) is 0.804. The average molecular weight is 369 g/mol. The van der Waals surface area contributed by atoms with E-state index in [9.17, 15) is 8.42 Å². The molecule has 1 heterocycles. The SMILES string of the molecule is CCCN(C)S(=O)(=O)c1cc(CNC(C)C)sc1Br. The molecule has 1 rings (SSSR count). The molecule has 0 atom stereocenters. The minimum atomic E-state index is -3.38. The maximum absolute atomic E-state index is 12.4. The molecule has 0 unspecified atom stereocenters. The maximum atomic E-state index is 12.4. The molecule has 0 saturated carbocycles. The lowest BCUT2D eigenvalue weighted by Gasteiger charge is -2.15. The van der Waals surface area contributed by atoms with Crippen molar-refractivity contribution in [2.75, 3.05) is 13.6 Å². The van der Waals surface area contributed by atoms with E-state index in [1.165, 1.54) is 15.6 Å². The van der Waals surface area contributed by atoms with Crippen molar-refractivity contribution in [2.24, 2.45) is 0 Å². The zero-order valence-corrected chi connectivity index (χ0v) is 15.0. The van der Waals surface area contributed by atoms with Crippen molar-refractivity contribution < 1.29 is 8.42 Å². The molecule has 19 heavy (non-hydrogen) atoms. The van der Waals surface area contributed by atoms with Crippen LogP contribution in [-0.2, 0) is 16.6 Å². The van der Waals surface area contributed by atoms with E-state index >= 15 is 0 Å². The molecule has 110 valence electrons. The summed E-state index contributed by atoms with van der Waals surface area (Å²) in [7, 11) is -1.76. The Kier molecular flexibility index (Phi) is 6.46. The summed E-state index contributed by atoms with van der Waals surface area (Å²) in [4.78, 5) is 1.39. The first kappa shape index (κ1) is 17.1. The highest BCUT2D eigenvalue weighted by molar-refractivity contribution is 9.11. The summed E-state index contributed by atoms with van der Waals surface area (Å²) in [6, 6.07) is 2.13. The van der Waals surface area contributed by atoms with Crippen molar-refractivity contribution >= 4 is 37.3 Å². The van der Waals surface area contributed by atoms with Gasteiger partial charge in [0.1, 0.15) is 4.90 Å². The smallest absolute Gasteiger partial charge is 0.244 e. The van der Waals surface area contributed by atoms with Crippen LogP contribution < -0.4 is 5.32 Å². The fraction of sp³-hybridized carbons (Fsp3) is 0.667. The van der Waals surface area contributed by atoms with Gasteiger partial charge in [0.05, 0.1) is 3.79 Å². The third kappa shape index (κ3) is 4.53. The van der Waals surface area contributed by atoms with E-state index in [1.54, 1.807) is 13.1 Å². The molecular formula is C12H21BrN2O2S2. The summed E-state index contributed by atoms with van der Waals surface area (Å²) >= 11 is 4.83. The Labute approximate surface area is 128 Å². The Balaban J connectivity index is 2.95. The second-order valence-electron chi connectivity index (χ2n) is 4.71. The Morgan fingerprint density at radius 3 is 2.63 bits per heavy atom. The van der Waals surface area contributed by atoms with Crippen LogP contribution in [0.15, 0.2) is 14.7 Å². The van der Waals surface area contributed by atoms with Gasteiger partial charge in [-0.25, -0.2) is 12.7 Å². The molecule has 1 N–H and O–H groups in total. The maximum Gasteiger partial charge on any atom is 0.244 e. The molecule has 0 radical (unpaired) electrons. The zero-order valence-electron chi connectivity index (χ0n) is 11.7. The summed E-state index contributed by atoms with van der Waals surface area (Å²) in [5, 5.41) is 3.29. The molecule has 0 aliphatic rings. The predicted octanol–water partition coefficient (Wildman–Crippen LogP) is 3.04.